The molecule has 5 nitrogen and oxygen atoms in total. The average Bonchev–Trinajstić information content (AvgIpc) is 2.36. The van der Waals surface area contributed by atoms with Crippen LogP contribution < -0.4 is 11.1 Å². The number of oxime groups is 1. The van der Waals surface area contributed by atoms with Gasteiger partial charge in [0.05, 0.1) is 6.42 Å². The third-order valence-corrected chi connectivity index (χ3v) is 2.28. The van der Waals surface area contributed by atoms with Gasteiger partial charge in [-0.15, -0.1) is 0 Å². The van der Waals surface area contributed by atoms with Crippen molar-refractivity contribution in [2.24, 2.45) is 10.9 Å². The lowest BCUT2D eigenvalue weighted by atomic mass is 10.1. The van der Waals surface area contributed by atoms with E-state index in [1.54, 1.807) is 0 Å². The van der Waals surface area contributed by atoms with Crippen molar-refractivity contribution in [3.8, 4) is 0 Å². The van der Waals surface area contributed by atoms with Crippen LogP contribution >= 0.6 is 0 Å². The van der Waals surface area contributed by atoms with E-state index in [2.05, 4.69) is 22.6 Å². The van der Waals surface area contributed by atoms with Gasteiger partial charge in [0.1, 0.15) is 5.84 Å². The van der Waals surface area contributed by atoms with Crippen LogP contribution in [0, 0.1) is 0 Å². The largest absolute Gasteiger partial charge is 0.409 e. The van der Waals surface area contributed by atoms with E-state index in [9.17, 15) is 4.79 Å². The number of nitrogens with zero attached hydrogens (tertiary/aromatic N) is 1. The Hall–Kier alpha value is -2.04. The lowest BCUT2D eigenvalue weighted by Crippen LogP contribution is -2.29. The quantitative estimate of drug-likeness (QED) is 0.225. The molecule has 1 aromatic carbocycles. The summed E-state index contributed by atoms with van der Waals surface area (Å²) in [6.45, 7) is 0.590. The molecule has 0 radical (unpaired) electrons. The van der Waals surface area contributed by atoms with E-state index in [1.165, 1.54) is 5.56 Å². The molecule has 0 aromatic heterocycles. The first kappa shape index (κ1) is 13.0. The lowest BCUT2D eigenvalue weighted by molar-refractivity contribution is -0.119. The van der Waals surface area contributed by atoms with Gasteiger partial charge in [0, 0.05) is 6.54 Å². The molecule has 5 heteroatoms. The summed E-state index contributed by atoms with van der Waals surface area (Å²) in [6.07, 6.45) is 1.72. The molecule has 0 saturated carbocycles. The molecule has 0 aliphatic heterocycles. The number of aryl methyl sites for hydroxylation is 1. The van der Waals surface area contributed by atoms with Gasteiger partial charge in [-0.25, -0.2) is 0 Å². The number of carbonyl (C=O) groups is 1. The van der Waals surface area contributed by atoms with Gasteiger partial charge >= 0.3 is 0 Å². The molecule has 92 valence electrons. The van der Waals surface area contributed by atoms with Crippen LogP contribution in [0.5, 0.6) is 0 Å². The highest BCUT2D eigenvalue weighted by Gasteiger charge is 2.03. The Morgan fingerprint density at radius 1 is 1.35 bits per heavy atom. The van der Waals surface area contributed by atoms with Crippen molar-refractivity contribution < 1.29 is 10.0 Å². The van der Waals surface area contributed by atoms with Gasteiger partial charge < -0.3 is 16.3 Å². The fourth-order valence-corrected chi connectivity index (χ4v) is 1.43. The molecule has 0 bridgehead atoms. The molecular weight excluding hydrogens is 218 g/mol. The van der Waals surface area contributed by atoms with Crippen LogP contribution in [-0.2, 0) is 11.2 Å². The standard InChI is InChI=1S/C12H17N3O2/c13-11(15-17)9-12(16)14-8-4-7-10-5-2-1-3-6-10/h1-3,5-6,17H,4,7-9H2,(H2,13,15)(H,14,16). The number of carbonyl (C=O) groups excluding carboxylic acids is 1. The number of hydrogen-bond acceptors (Lipinski definition) is 3. The van der Waals surface area contributed by atoms with Crippen molar-refractivity contribution in [2.45, 2.75) is 19.3 Å². The maximum atomic E-state index is 11.2. The van der Waals surface area contributed by atoms with Crippen LogP contribution in [0.1, 0.15) is 18.4 Å². The first-order valence-corrected chi connectivity index (χ1v) is 5.49. The highest BCUT2D eigenvalue weighted by Crippen LogP contribution is 2.01. The molecule has 0 heterocycles. The highest BCUT2D eigenvalue weighted by molar-refractivity contribution is 5.98. The van der Waals surface area contributed by atoms with Gasteiger partial charge in [0.2, 0.25) is 5.91 Å². The summed E-state index contributed by atoms with van der Waals surface area (Å²) >= 11 is 0. The van der Waals surface area contributed by atoms with Gasteiger partial charge in [-0.05, 0) is 18.4 Å². The van der Waals surface area contributed by atoms with Gasteiger partial charge in [-0.2, -0.15) is 0 Å². The smallest absolute Gasteiger partial charge is 0.227 e. The van der Waals surface area contributed by atoms with Crippen LogP contribution in [0.4, 0.5) is 0 Å². The number of rotatable bonds is 6. The fraction of sp³-hybridized carbons (Fsp3) is 0.333. The summed E-state index contributed by atoms with van der Waals surface area (Å²) in [5.74, 6) is -0.307. The molecule has 1 aromatic rings. The number of nitrogens with one attached hydrogen (secondary N) is 1. The van der Waals surface area contributed by atoms with Gasteiger partial charge in [0.15, 0.2) is 0 Å². The Morgan fingerprint density at radius 2 is 2.06 bits per heavy atom. The Balaban J connectivity index is 2.14. The summed E-state index contributed by atoms with van der Waals surface area (Å²) in [4.78, 5) is 11.2. The van der Waals surface area contributed by atoms with E-state index in [0.29, 0.717) is 6.54 Å². The van der Waals surface area contributed by atoms with E-state index in [-0.39, 0.29) is 18.2 Å². The summed E-state index contributed by atoms with van der Waals surface area (Å²) in [5, 5.41) is 13.7. The zero-order valence-corrected chi connectivity index (χ0v) is 9.60. The van der Waals surface area contributed by atoms with Crippen LogP contribution in [-0.4, -0.2) is 23.5 Å². The van der Waals surface area contributed by atoms with Gasteiger partial charge in [-0.1, -0.05) is 35.5 Å². The first-order valence-electron chi connectivity index (χ1n) is 5.49. The second-order valence-electron chi connectivity index (χ2n) is 3.71. The number of hydrogen-bond donors (Lipinski definition) is 3. The molecule has 0 unspecified atom stereocenters. The molecule has 0 fully saturated rings. The van der Waals surface area contributed by atoms with E-state index in [0.717, 1.165) is 12.8 Å². The molecular formula is C12H17N3O2. The molecule has 17 heavy (non-hydrogen) atoms. The molecule has 1 amide bonds. The van der Waals surface area contributed by atoms with Crippen molar-refractivity contribution in [3.05, 3.63) is 35.9 Å². The number of amides is 1. The SMILES string of the molecule is N/C(CC(=O)NCCCc1ccccc1)=N/O. The predicted octanol–water partition coefficient (Wildman–Crippen LogP) is 0.872. The fourth-order valence-electron chi connectivity index (χ4n) is 1.43. The summed E-state index contributed by atoms with van der Waals surface area (Å²) in [7, 11) is 0. The molecule has 4 N–H and O–H groups in total. The van der Waals surface area contributed by atoms with Crippen LogP contribution in [0.3, 0.4) is 0 Å². The van der Waals surface area contributed by atoms with Crippen molar-refractivity contribution in [3.63, 3.8) is 0 Å². The third-order valence-electron chi connectivity index (χ3n) is 2.28. The first-order chi connectivity index (χ1) is 8.22. The van der Waals surface area contributed by atoms with E-state index in [1.807, 2.05) is 18.2 Å². The monoisotopic (exact) mass is 235 g/mol. The number of amidine groups is 1. The third kappa shape index (κ3) is 5.55. The van der Waals surface area contributed by atoms with Crippen LogP contribution in [0.15, 0.2) is 35.5 Å². The average molecular weight is 235 g/mol. The Morgan fingerprint density at radius 3 is 2.71 bits per heavy atom. The zero-order chi connectivity index (χ0) is 12.5. The minimum atomic E-state index is -0.228. The maximum absolute atomic E-state index is 11.2. The second-order valence-corrected chi connectivity index (χ2v) is 3.71. The Bertz CT molecular complexity index is 377. The van der Waals surface area contributed by atoms with Crippen molar-refractivity contribution >= 4 is 11.7 Å². The van der Waals surface area contributed by atoms with Gasteiger partial charge in [0.25, 0.3) is 0 Å². The number of benzene rings is 1. The minimum Gasteiger partial charge on any atom is -0.409 e. The number of nitrogens with two attached hydrogens (primary N) is 1. The molecule has 0 saturated heterocycles. The highest BCUT2D eigenvalue weighted by atomic mass is 16.4. The molecule has 0 spiro atoms. The van der Waals surface area contributed by atoms with Crippen molar-refractivity contribution in [2.75, 3.05) is 6.54 Å². The van der Waals surface area contributed by atoms with E-state index < -0.39 is 0 Å². The molecule has 1 rings (SSSR count). The Kier molecular flexibility index (Phi) is 5.57. The maximum Gasteiger partial charge on any atom is 0.227 e. The second kappa shape index (κ2) is 7.27. The van der Waals surface area contributed by atoms with E-state index in [4.69, 9.17) is 10.9 Å². The lowest BCUT2D eigenvalue weighted by Gasteiger charge is -2.04. The minimum absolute atomic E-state index is 0.0676. The topological polar surface area (TPSA) is 87.7 Å². The van der Waals surface area contributed by atoms with Gasteiger partial charge in [-0.3, -0.25) is 4.79 Å². The molecule has 0 atom stereocenters. The zero-order valence-electron chi connectivity index (χ0n) is 9.60. The predicted molar refractivity (Wildman–Crippen MR) is 65.8 cm³/mol. The molecule has 0 aliphatic carbocycles. The normalized spacial score (nSPS) is 11.2. The molecule has 0 aliphatic rings. The Labute approximate surface area is 100 Å². The van der Waals surface area contributed by atoms with Crippen molar-refractivity contribution in [1.29, 1.82) is 0 Å². The van der Waals surface area contributed by atoms with Crippen LogP contribution in [0.25, 0.3) is 0 Å². The summed E-state index contributed by atoms with van der Waals surface area (Å²) < 4.78 is 0. The van der Waals surface area contributed by atoms with E-state index >= 15 is 0 Å². The van der Waals surface area contributed by atoms with Crippen LogP contribution in [0.2, 0.25) is 0 Å². The van der Waals surface area contributed by atoms with Crippen molar-refractivity contribution in [1.82, 2.24) is 5.32 Å². The summed E-state index contributed by atoms with van der Waals surface area (Å²) in [6, 6.07) is 10.1. The summed E-state index contributed by atoms with van der Waals surface area (Å²) in [5.41, 5.74) is 6.46.